The number of aromatic nitrogens is 2. The van der Waals surface area contributed by atoms with Crippen molar-refractivity contribution in [3.63, 3.8) is 0 Å². The molecule has 2 aromatic rings. The molecule has 1 heterocycles. The Morgan fingerprint density at radius 3 is 2.79 bits per heavy atom. The zero-order chi connectivity index (χ0) is 13.0. The highest BCUT2D eigenvalue weighted by Crippen LogP contribution is 2.62. The molecule has 2 saturated carbocycles. The SMILES string of the molecule is Fc1ccc2nc(CCl)n(CC3(C4CC4)CC3)c2c1. The van der Waals surface area contributed by atoms with Crippen molar-refractivity contribution < 1.29 is 4.39 Å². The maximum atomic E-state index is 13.5. The first-order chi connectivity index (χ1) is 9.22. The molecule has 0 bridgehead atoms. The van der Waals surface area contributed by atoms with Crippen LogP contribution in [-0.2, 0) is 12.4 Å². The highest BCUT2D eigenvalue weighted by molar-refractivity contribution is 6.16. The Labute approximate surface area is 116 Å². The maximum absolute atomic E-state index is 13.5. The summed E-state index contributed by atoms with van der Waals surface area (Å²) in [6, 6.07) is 4.79. The van der Waals surface area contributed by atoms with Crippen molar-refractivity contribution in [1.82, 2.24) is 9.55 Å². The van der Waals surface area contributed by atoms with Crippen LogP contribution in [0.3, 0.4) is 0 Å². The van der Waals surface area contributed by atoms with Crippen molar-refractivity contribution in [1.29, 1.82) is 0 Å². The van der Waals surface area contributed by atoms with Crippen LogP contribution >= 0.6 is 11.6 Å². The molecule has 0 unspecified atom stereocenters. The topological polar surface area (TPSA) is 17.8 Å². The number of nitrogens with zero attached hydrogens (tertiary/aromatic N) is 2. The van der Waals surface area contributed by atoms with Crippen LogP contribution in [0, 0.1) is 17.2 Å². The van der Waals surface area contributed by atoms with Gasteiger partial charge >= 0.3 is 0 Å². The van der Waals surface area contributed by atoms with E-state index in [0.29, 0.717) is 11.3 Å². The van der Waals surface area contributed by atoms with E-state index in [1.54, 1.807) is 12.1 Å². The number of halogens is 2. The highest BCUT2D eigenvalue weighted by Gasteiger charge is 2.54. The van der Waals surface area contributed by atoms with Crippen LogP contribution in [0.1, 0.15) is 31.5 Å². The summed E-state index contributed by atoms with van der Waals surface area (Å²) < 4.78 is 15.6. The summed E-state index contributed by atoms with van der Waals surface area (Å²) in [6.07, 6.45) is 5.32. The molecule has 0 saturated heterocycles. The summed E-state index contributed by atoms with van der Waals surface area (Å²) in [6.45, 7) is 0.958. The first kappa shape index (κ1) is 11.7. The summed E-state index contributed by atoms with van der Waals surface area (Å²) in [5, 5.41) is 0. The van der Waals surface area contributed by atoms with Crippen LogP contribution in [-0.4, -0.2) is 9.55 Å². The Morgan fingerprint density at radius 1 is 1.37 bits per heavy atom. The minimum Gasteiger partial charge on any atom is -0.326 e. The molecule has 1 aromatic heterocycles. The van der Waals surface area contributed by atoms with Gasteiger partial charge in [-0.3, -0.25) is 0 Å². The molecule has 1 aromatic carbocycles. The molecule has 19 heavy (non-hydrogen) atoms. The summed E-state index contributed by atoms with van der Waals surface area (Å²) >= 11 is 6.01. The number of imidazole rings is 1. The predicted molar refractivity (Wildman–Crippen MR) is 73.6 cm³/mol. The van der Waals surface area contributed by atoms with Crippen molar-refractivity contribution in [2.45, 2.75) is 38.1 Å². The van der Waals surface area contributed by atoms with Gasteiger partial charge in [0.05, 0.1) is 16.9 Å². The zero-order valence-corrected chi connectivity index (χ0v) is 11.5. The molecule has 100 valence electrons. The molecule has 0 radical (unpaired) electrons. The molecule has 2 aliphatic carbocycles. The van der Waals surface area contributed by atoms with Gasteiger partial charge in [-0.25, -0.2) is 9.37 Å². The fourth-order valence-corrected chi connectivity index (χ4v) is 3.49. The van der Waals surface area contributed by atoms with Crippen LogP contribution in [0.2, 0.25) is 0 Å². The average molecular weight is 279 g/mol. The van der Waals surface area contributed by atoms with Gasteiger partial charge in [0.2, 0.25) is 0 Å². The van der Waals surface area contributed by atoms with Gasteiger partial charge in [-0.05, 0) is 55.2 Å². The molecule has 0 aliphatic heterocycles. The third-order valence-electron chi connectivity index (χ3n) is 4.72. The number of rotatable bonds is 4. The second-order valence-electron chi connectivity index (χ2n) is 6.02. The van der Waals surface area contributed by atoms with Gasteiger partial charge in [0, 0.05) is 6.54 Å². The van der Waals surface area contributed by atoms with E-state index < -0.39 is 0 Å². The van der Waals surface area contributed by atoms with E-state index in [-0.39, 0.29) is 5.82 Å². The van der Waals surface area contributed by atoms with Gasteiger partial charge in [-0.1, -0.05) is 0 Å². The van der Waals surface area contributed by atoms with E-state index in [4.69, 9.17) is 11.6 Å². The molecule has 0 atom stereocenters. The highest BCUT2D eigenvalue weighted by atomic mass is 35.5. The van der Waals surface area contributed by atoms with E-state index in [1.165, 1.54) is 31.7 Å². The Bertz CT molecular complexity index is 641. The molecular formula is C15H16ClFN2. The summed E-state index contributed by atoms with van der Waals surface area (Å²) in [5.41, 5.74) is 2.20. The normalized spacial score (nSPS) is 20.9. The van der Waals surface area contributed by atoms with Crippen molar-refractivity contribution in [2.24, 2.45) is 11.3 Å². The molecule has 2 fully saturated rings. The van der Waals surface area contributed by atoms with E-state index in [9.17, 15) is 4.39 Å². The predicted octanol–water partition coefficient (Wildman–Crippen LogP) is 4.10. The average Bonchev–Trinajstić information content (AvgIpc) is 3.28. The third-order valence-corrected chi connectivity index (χ3v) is 4.96. The Balaban J connectivity index is 1.80. The molecule has 2 nitrogen and oxygen atoms in total. The molecule has 0 spiro atoms. The second kappa shape index (κ2) is 3.95. The second-order valence-corrected chi connectivity index (χ2v) is 6.28. The number of hydrogen-bond donors (Lipinski definition) is 0. The maximum Gasteiger partial charge on any atom is 0.125 e. The molecule has 4 heteroatoms. The first-order valence-electron chi connectivity index (χ1n) is 6.92. The van der Waals surface area contributed by atoms with Gasteiger partial charge in [-0.15, -0.1) is 11.6 Å². The van der Waals surface area contributed by atoms with E-state index in [0.717, 1.165) is 29.3 Å². The first-order valence-corrected chi connectivity index (χ1v) is 7.46. The van der Waals surface area contributed by atoms with E-state index in [2.05, 4.69) is 9.55 Å². The summed E-state index contributed by atoms with van der Waals surface area (Å²) in [4.78, 5) is 4.53. The van der Waals surface area contributed by atoms with Crippen molar-refractivity contribution in [3.05, 3.63) is 29.8 Å². The van der Waals surface area contributed by atoms with Crippen LogP contribution < -0.4 is 0 Å². The Kier molecular flexibility index (Phi) is 2.44. The monoisotopic (exact) mass is 278 g/mol. The number of hydrogen-bond acceptors (Lipinski definition) is 1. The lowest BCUT2D eigenvalue weighted by Crippen LogP contribution is -2.15. The van der Waals surface area contributed by atoms with Gasteiger partial charge < -0.3 is 4.57 Å². The molecule has 2 aliphatic rings. The largest absolute Gasteiger partial charge is 0.326 e. The quantitative estimate of drug-likeness (QED) is 0.770. The van der Waals surface area contributed by atoms with Gasteiger partial charge in [0.25, 0.3) is 0 Å². The summed E-state index contributed by atoms with van der Waals surface area (Å²) in [7, 11) is 0. The smallest absolute Gasteiger partial charge is 0.125 e. The summed E-state index contributed by atoms with van der Waals surface area (Å²) in [5.74, 6) is 1.93. The number of benzene rings is 1. The van der Waals surface area contributed by atoms with Crippen LogP contribution in [0.15, 0.2) is 18.2 Å². The fourth-order valence-electron chi connectivity index (χ4n) is 3.29. The Hall–Kier alpha value is -1.09. The fraction of sp³-hybridized carbons (Fsp3) is 0.533. The lowest BCUT2D eigenvalue weighted by Gasteiger charge is -2.17. The third kappa shape index (κ3) is 1.86. The van der Waals surface area contributed by atoms with E-state index in [1.807, 2.05) is 0 Å². The minimum absolute atomic E-state index is 0.203. The van der Waals surface area contributed by atoms with Crippen LogP contribution in [0.4, 0.5) is 4.39 Å². The molecule has 0 amide bonds. The lowest BCUT2D eigenvalue weighted by atomic mass is 10.0. The van der Waals surface area contributed by atoms with Crippen molar-refractivity contribution in [3.8, 4) is 0 Å². The van der Waals surface area contributed by atoms with Crippen LogP contribution in [0.25, 0.3) is 11.0 Å². The Morgan fingerprint density at radius 2 is 2.16 bits per heavy atom. The lowest BCUT2D eigenvalue weighted by molar-refractivity contribution is 0.371. The van der Waals surface area contributed by atoms with Crippen LogP contribution in [0.5, 0.6) is 0 Å². The standard InChI is InChI=1S/C15H16ClFN2/c16-8-14-18-12-4-3-11(17)7-13(12)19(14)9-15(5-6-15)10-1-2-10/h3-4,7,10H,1-2,5-6,8-9H2. The molecule has 4 rings (SSSR count). The molecular weight excluding hydrogens is 263 g/mol. The number of fused-ring (bicyclic) bond motifs is 1. The van der Waals surface area contributed by atoms with E-state index >= 15 is 0 Å². The van der Waals surface area contributed by atoms with Crippen molar-refractivity contribution >= 4 is 22.6 Å². The zero-order valence-electron chi connectivity index (χ0n) is 10.7. The van der Waals surface area contributed by atoms with Gasteiger partial charge in [0.1, 0.15) is 11.6 Å². The number of alkyl halides is 1. The van der Waals surface area contributed by atoms with Gasteiger partial charge in [-0.2, -0.15) is 0 Å². The van der Waals surface area contributed by atoms with Gasteiger partial charge in [0.15, 0.2) is 0 Å². The molecule has 0 N–H and O–H groups in total. The minimum atomic E-state index is -0.203. The van der Waals surface area contributed by atoms with Crippen molar-refractivity contribution in [2.75, 3.05) is 0 Å².